The third kappa shape index (κ3) is 2.44. The van der Waals surface area contributed by atoms with Gasteiger partial charge in [-0.2, -0.15) is 0 Å². The van der Waals surface area contributed by atoms with Crippen LogP contribution >= 0.6 is 11.6 Å². The summed E-state index contributed by atoms with van der Waals surface area (Å²) < 4.78 is 0. The Morgan fingerprint density at radius 3 is 2.19 bits per heavy atom. The van der Waals surface area contributed by atoms with Gasteiger partial charge in [0.25, 0.3) is 11.8 Å². The lowest BCUT2D eigenvalue weighted by Crippen LogP contribution is -2.37. The van der Waals surface area contributed by atoms with E-state index in [9.17, 15) is 9.59 Å². The number of nitrogens with zero attached hydrogens (tertiary/aromatic N) is 2. The van der Waals surface area contributed by atoms with Crippen LogP contribution in [-0.2, 0) is 9.59 Å². The van der Waals surface area contributed by atoms with Crippen molar-refractivity contribution in [3.8, 4) is 0 Å². The molecule has 2 aliphatic rings. The van der Waals surface area contributed by atoms with Crippen molar-refractivity contribution in [2.24, 2.45) is 0 Å². The number of likely N-dealkylation sites (tertiary alicyclic amines) is 1. The highest BCUT2D eigenvalue weighted by molar-refractivity contribution is 6.52. The summed E-state index contributed by atoms with van der Waals surface area (Å²) in [6.45, 7) is 3.53. The Morgan fingerprint density at radius 1 is 0.952 bits per heavy atom. The minimum Gasteiger partial charge on any atom is -0.366 e. The van der Waals surface area contributed by atoms with Gasteiger partial charge in [-0.05, 0) is 38.3 Å². The molecule has 4 nitrogen and oxygen atoms in total. The molecular weight excluding hydrogens is 288 g/mol. The molecule has 0 atom stereocenters. The van der Waals surface area contributed by atoms with Crippen molar-refractivity contribution in [2.45, 2.75) is 26.2 Å². The summed E-state index contributed by atoms with van der Waals surface area (Å²) >= 11 is 6.16. The van der Waals surface area contributed by atoms with Crippen molar-refractivity contribution in [3.63, 3.8) is 0 Å². The van der Waals surface area contributed by atoms with Gasteiger partial charge in [0.2, 0.25) is 0 Å². The summed E-state index contributed by atoms with van der Waals surface area (Å²) in [5.74, 6) is -0.734. The van der Waals surface area contributed by atoms with Gasteiger partial charge in [-0.15, -0.1) is 0 Å². The van der Waals surface area contributed by atoms with Crippen LogP contribution in [0.25, 0.3) is 0 Å². The van der Waals surface area contributed by atoms with Gasteiger partial charge in [-0.3, -0.25) is 9.59 Å². The zero-order chi connectivity index (χ0) is 15.0. The second-order valence-electron chi connectivity index (χ2n) is 5.49. The number of hydrogen-bond donors (Lipinski definition) is 0. The van der Waals surface area contributed by atoms with Gasteiger partial charge in [-0.1, -0.05) is 29.3 Å². The van der Waals surface area contributed by atoms with Crippen LogP contribution < -0.4 is 4.90 Å². The Morgan fingerprint density at radius 2 is 1.57 bits per heavy atom. The van der Waals surface area contributed by atoms with Gasteiger partial charge in [0, 0.05) is 13.1 Å². The fraction of sp³-hybridized carbons (Fsp3) is 0.375. The average Bonchev–Trinajstić information content (AvgIpc) is 2.72. The number of aryl methyl sites for hydroxylation is 1. The molecule has 0 aromatic heterocycles. The van der Waals surface area contributed by atoms with Crippen LogP contribution in [0.3, 0.4) is 0 Å². The van der Waals surface area contributed by atoms with Gasteiger partial charge < -0.3 is 4.90 Å². The van der Waals surface area contributed by atoms with Crippen molar-refractivity contribution >= 4 is 29.1 Å². The lowest BCUT2D eigenvalue weighted by Gasteiger charge is -2.29. The number of hydrogen-bond acceptors (Lipinski definition) is 3. The maximum Gasteiger partial charge on any atom is 0.283 e. The van der Waals surface area contributed by atoms with E-state index in [1.165, 1.54) is 4.90 Å². The number of halogens is 1. The maximum absolute atomic E-state index is 12.6. The van der Waals surface area contributed by atoms with Crippen molar-refractivity contribution in [1.29, 1.82) is 0 Å². The standard InChI is InChI=1S/C16H17ClN2O2/c1-11-5-7-12(8-6-11)19-15(20)13(17)14(16(19)21)18-9-3-2-4-10-18/h5-8H,2-4,9-10H2,1H3. The van der Waals surface area contributed by atoms with Crippen LogP contribution in [0.15, 0.2) is 35.0 Å². The van der Waals surface area contributed by atoms with Crippen LogP contribution in [0.2, 0.25) is 0 Å². The van der Waals surface area contributed by atoms with E-state index in [1.54, 1.807) is 12.1 Å². The van der Waals surface area contributed by atoms with Gasteiger partial charge in [-0.25, -0.2) is 4.90 Å². The molecule has 21 heavy (non-hydrogen) atoms. The highest BCUT2D eigenvalue weighted by Gasteiger charge is 2.41. The fourth-order valence-corrected chi connectivity index (χ4v) is 3.10. The monoisotopic (exact) mass is 304 g/mol. The molecule has 1 aromatic carbocycles. The predicted molar refractivity (Wildman–Crippen MR) is 82.0 cm³/mol. The van der Waals surface area contributed by atoms with E-state index < -0.39 is 5.91 Å². The van der Waals surface area contributed by atoms with Crippen LogP contribution in [0.1, 0.15) is 24.8 Å². The van der Waals surface area contributed by atoms with Crippen molar-refractivity contribution in [3.05, 3.63) is 40.6 Å². The van der Waals surface area contributed by atoms with Crippen LogP contribution in [0.5, 0.6) is 0 Å². The average molecular weight is 305 g/mol. The number of rotatable bonds is 2. The molecule has 1 fully saturated rings. The van der Waals surface area contributed by atoms with Gasteiger partial charge in [0.15, 0.2) is 0 Å². The molecule has 0 unspecified atom stereocenters. The minimum atomic E-state index is -0.425. The molecule has 0 N–H and O–H groups in total. The first-order chi connectivity index (χ1) is 10.1. The quantitative estimate of drug-likeness (QED) is 0.789. The Kier molecular flexibility index (Phi) is 3.72. The Labute approximate surface area is 129 Å². The molecule has 0 spiro atoms. The molecule has 3 rings (SSSR count). The molecule has 0 bridgehead atoms. The number of anilines is 1. The first kappa shape index (κ1) is 14.1. The Balaban J connectivity index is 1.92. The molecule has 110 valence electrons. The Hall–Kier alpha value is -1.81. The molecule has 0 aliphatic carbocycles. The fourth-order valence-electron chi connectivity index (χ4n) is 2.81. The van der Waals surface area contributed by atoms with Crippen molar-refractivity contribution in [1.82, 2.24) is 4.90 Å². The summed E-state index contributed by atoms with van der Waals surface area (Å²) in [6, 6.07) is 7.30. The smallest absolute Gasteiger partial charge is 0.283 e. The van der Waals surface area contributed by atoms with Gasteiger partial charge in [0.1, 0.15) is 10.7 Å². The predicted octanol–water partition coefficient (Wildman–Crippen LogP) is 2.80. The lowest BCUT2D eigenvalue weighted by molar-refractivity contribution is -0.121. The summed E-state index contributed by atoms with van der Waals surface area (Å²) in [6.07, 6.45) is 3.21. The third-order valence-corrected chi connectivity index (χ3v) is 4.31. The van der Waals surface area contributed by atoms with E-state index in [-0.39, 0.29) is 10.9 Å². The second-order valence-corrected chi connectivity index (χ2v) is 5.87. The lowest BCUT2D eigenvalue weighted by atomic mass is 10.1. The highest BCUT2D eigenvalue weighted by Crippen LogP contribution is 2.32. The van der Waals surface area contributed by atoms with Crippen LogP contribution in [0, 0.1) is 6.92 Å². The molecule has 2 amide bonds. The number of imide groups is 1. The SMILES string of the molecule is Cc1ccc(N2C(=O)C(Cl)=C(N3CCCCC3)C2=O)cc1. The summed E-state index contributed by atoms with van der Waals surface area (Å²) in [5, 5.41) is 0.0440. The van der Waals surface area contributed by atoms with Gasteiger partial charge in [0.05, 0.1) is 5.69 Å². The van der Waals surface area contributed by atoms with Crippen LogP contribution in [-0.4, -0.2) is 29.8 Å². The van der Waals surface area contributed by atoms with E-state index in [0.29, 0.717) is 11.4 Å². The topological polar surface area (TPSA) is 40.6 Å². The molecule has 0 saturated carbocycles. The zero-order valence-electron chi connectivity index (χ0n) is 11.9. The third-order valence-electron chi connectivity index (χ3n) is 3.97. The Bertz CT molecular complexity index is 616. The van der Waals surface area contributed by atoms with Crippen LogP contribution in [0.4, 0.5) is 5.69 Å². The summed E-state index contributed by atoms with van der Waals surface area (Å²) in [7, 11) is 0. The van der Waals surface area contributed by atoms with Crippen molar-refractivity contribution < 1.29 is 9.59 Å². The van der Waals surface area contributed by atoms with Crippen molar-refractivity contribution in [2.75, 3.05) is 18.0 Å². The normalized spacial score (nSPS) is 19.7. The molecule has 1 saturated heterocycles. The molecule has 1 aromatic rings. The largest absolute Gasteiger partial charge is 0.366 e. The van der Waals surface area contributed by atoms with E-state index in [4.69, 9.17) is 11.6 Å². The van der Waals surface area contributed by atoms with E-state index >= 15 is 0 Å². The molecule has 0 radical (unpaired) electrons. The first-order valence-corrected chi connectivity index (χ1v) is 7.57. The minimum absolute atomic E-state index is 0.0440. The highest BCUT2D eigenvalue weighted by atomic mass is 35.5. The number of benzene rings is 1. The number of amides is 2. The maximum atomic E-state index is 12.6. The number of piperidine rings is 1. The van der Waals surface area contributed by atoms with Gasteiger partial charge >= 0.3 is 0 Å². The molecular formula is C16H17ClN2O2. The molecule has 5 heteroatoms. The van der Waals surface area contributed by atoms with E-state index in [1.807, 2.05) is 24.0 Å². The number of carbonyl (C=O) groups is 2. The molecule has 2 aliphatic heterocycles. The van der Waals surface area contributed by atoms with E-state index in [0.717, 1.165) is 37.9 Å². The second kappa shape index (κ2) is 5.53. The van der Waals surface area contributed by atoms with E-state index in [2.05, 4.69) is 0 Å². The number of carbonyl (C=O) groups excluding carboxylic acids is 2. The zero-order valence-corrected chi connectivity index (χ0v) is 12.7. The molecule has 2 heterocycles. The summed E-state index contributed by atoms with van der Waals surface area (Å²) in [4.78, 5) is 28.1. The summed E-state index contributed by atoms with van der Waals surface area (Å²) in [5.41, 5.74) is 2.01. The first-order valence-electron chi connectivity index (χ1n) is 7.20.